The van der Waals surface area contributed by atoms with Crippen molar-refractivity contribution in [3.63, 3.8) is 0 Å². The minimum Gasteiger partial charge on any atom is -0.506 e. The molecule has 0 saturated heterocycles. The number of carbonyl (C=O) groups is 1. The molecule has 4 nitrogen and oxygen atoms in total. The van der Waals surface area contributed by atoms with Crippen LogP contribution in [0.3, 0.4) is 0 Å². The van der Waals surface area contributed by atoms with Gasteiger partial charge in [-0.05, 0) is 31.0 Å². The molecule has 1 aromatic carbocycles. The van der Waals surface area contributed by atoms with Crippen molar-refractivity contribution in [2.45, 2.75) is 31.7 Å². The van der Waals surface area contributed by atoms with Crippen LogP contribution >= 0.6 is 0 Å². The summed E-state index contributed by atoms with van der Waals surface area (Å²) in [5.41, 5.74) is 6.22. The Morgan fingerprint density at radius 3 is 2.69 bits per heavy atom. The predicted molar refractivity (Wildman–Crippen MR) is 62.2 cm³/mol. The molecular weight excluding hydrogens is 204 g/mol. The molecule has 1 saturated carbocycles. The molecule has 0 unspecified atom stereocenters. The van der Waals surface area contributed by atoms with E-state index in [4.69, 9.17) is 5.73 Å². The highest BCUT2D eigenvalue weighted by atomic mass is 16.3. The summed E-state index contributed by atoms with van der Waals surface area (Å²) in [7, 11) is 0. The van der Waals surface area contributed by atoms with Gasteiger partial charge in [-0.25, -0.2) is 0 Å². The van der Waals surface area contributed by atoms with Crippen LogP contribution in [0, 0.1) is 0 Å². The highest BCUT2D eigenvalue weighted by Crippen LogP contribution is 2.22. The Kier molecular flexibility index (Phi) is 2.99. The third-order valence-electron chi connectivity index (χ3n) is 2.98. The summed E-state index contributed by atoms with van der Waals surface area (Å²) in [6.07, 6.45) is 4.45. The molecule has 1 amide bonds. The molecule has 4 heteroatoms. The van der Waals surface area contributed by atoms with E-state index < -0.39 is 0 Å². The Bertz CT molecular complexity index is 398. The van der Waals surface area contributed by atoms with E-state index in [1.165, 1.54) is 18.9 Å². The molecule has 86 valence electrons. The van der Waals surface area contributed by atoms with Crippen molar-refractivity contribution < 1.29 is 9.90 Å². The van der Waals surface area contributed by atoms with E-state index in [-0.39, 0.29) is 23.4 Å². The maximum atomic E-state index is 11.8. The van der Waals surface area contributed by atoms with E-state index in [9.17, 15) is 9.90 Å². The minimum atomic E-state index is -0.137. The molecular formula is C12H16N2O2. The van der Waals surface area contributed by atoms with Crippen LogP contribution in [0.2, 0.25) is 0 Å². The van der Waals surface area contributed by atoms with Crippen molar-refractivity contribution in [2.24, 2.45) is 0 Å². The van der Waals surface area contributed by atoms with Crippen molar-refractivity contribution >= 4 is 11.6 Å². The van der Waals surface area contributed by atoms with Gasteiger partial charge in [0.2, 0.25) is 0 Å². The number of amides is 1. The summed E-state index contributed by atoms with van der Waals surface area (Å²) in [6.45, 7) is 0. The third kappa shape index (κ3) is 2.27. The zero-order valence-electron chi connectivity index (χ0n) is 9.07. The average molecular weight is 220 g/mol. The first-order valence-electron chi connectivity index (χ1n) is 5.56. The van der Waals surface area contributed by atoms with Gasteiger partial charge in [-0.3, -0.25) is 4.79 Å². The largest absolute Gasteiger partial charge is 0.506 e. The molecule has 0 atom stereocenters. The van der Waals surface area contributed by atoms with Crippen LogP contribution in [0.5, 0.6) is 5.75 Å². The number of nitrogens with two attached hydrogens (primary N) is 1. The van der Waals surface area contributed by atoms with Gasteiger partial charge in [-0.15, -0.1) is 0 Å². The molecule has 1 aliphatic carbocycles. The van der Waals surface area contributed by atoms with E-state index in [0.717, 1.165) is 12.8 Å². The first kappa shape index (κ1) is 10.8. The number of nitrogens with one attached hydrogen (secondary N) is 1. The van der Waals surface area contributed by atoms with Gasteiger partial charge in [0.25, 0.3) is 5.91 Å². The molecule has 2 rings (SSSR count). The fourth-order valence-electron chi connectivity index (χ4n) is 2.02. The molecule has 1 aliphatic rings. The zero-order chi connectivity index (χ0) is 11.5. The topological polar surface area (TPSA) is 75.4 Å². The lowest BCUT2D eigenvalue weighted by Crippen LogP contribution is -2.32. The normalized spacial score (nSPS) is 16.2. The van der Waals surface area contributed by atoms with Crippen molar-refractivity contribution in [1.29, 1.82) is 0 Å². The van der Waals surface area contributed by atoms with E-state index in [1.807, 2.05) is 0 Å². The minimum absolute atomic E-state index is 0.0425. The van der Waals surface area contributed by atoms with Crippen molar-refractivity contribution in [3.05, 3.63) is 23.8 Å². The van der Waals surface area contributed by atoms with Crippen LogP contribution in [-0.2, 0) is 0 Å². The van der Waals surface area contributed by atoms with Gasteiger partial charge >= 0.3 is 0 Å². The van der Waals surface area contributed by atoms with Crippen molar-refractivity contribution in [1.82, 2.24) is 5.32 Å². The second kappa shape index (κ2) is 4.43. The molecule has 4 N–H and O–H groups in total. The maximum Gasteiger partial charge on any atom is 0.251 e. The second-order valence-corrected chi connectivity index (χ2v) is 4.23. The molecule has 1 fully saturated rings. The molecule has 16 heavy (non-hydrogen) atoms. The molecule has 0 spiro atoms. The van der Waals surface area contributed by atoms with Gasteiger partial charge in [0.15, 0.2) is 0 Å². The standard InChI is InChI=1S/C12H16N2O2/c13-10-6-5-8(7-11(10)15)12(16)14-9-3-1-2-4-9/h5-7,9,15H,1-4,13H2,(H,14,16). The highest BCUT2D eigenvalue weighted by molar-refractivity contribution is 5.95. The smallest absolute Gasteiger partial charge is 0.251 e. The first-order chi connectivity index (χ1) is 7.66. The summed E-state index contributed by atoms with van der Waals surface area (Å²) >= 11 is 0. The summed E-state index contributed by atoms with van der Waals surface area (Å²) < 4.78 is 0. The number of rotatable bonds is 2. The number of aromatic hydroxyl groups is 1. The van der Waals surface area contributed by atoms with Crippen molar-refractivity contribution in [2.75, 3.05) is 5.73 Å². The van der Waals surface area contributed by atoms with E-state index in [1.54, 1.807) is 12.1 Å². The lowest BCUT2D eigenvalue weighted by molar-refractivity contribution is 0.0937. The van der Waals surface area contributed by atoms with E-state index >= 15 is 0 Å². The predicted octanol–water partition coefficient (Wildman–Crippen LogP) is 1.65. The average Bonchev–Trinajstić information content (AvgIpc) is 2.74. The van der Waals surface area contributed by atoms with Gasteiger partial charge < -0.3 is 16.2 Å². The van der Waals surface area contributed by atoms with E-state index in [0.29, 0.717) is 5.56 Å². The number of phenols is 1. The van der Waals surface area contributed by atoms with Gasteiger partial charge in [0, 0.05) is 11.6 Å². The molecule has 1 aromatic rings. The number of benzene rings is 1. The third-order valence-corrected chi connectivity index (χ3v) is 2.98. The fourth-order valence-corrected chi connectivity index (χ4v) is 2.02. The van der Waals surface area contributed by atoms with Crippen LogP contribution in [0.25, 0.3) is 0 Å². The molecule has 0 bridgehead atoms. The van der Waals surface area contributed by atoms with Crippen LogP contribution in [-0.4, -0.2) is 17.1 Å². The number of carbonyl (C=O) groups excluding carboxylic acids is 1. The Balaban J connectivity index is 2.05. The Hall–Kier alpha value is -1.71. The number of phenolic OH excluding ortho intramolecular Hbond substituents is 1. The molecule has 0 heterocycles. The molecule has 0 aliphatic heterocycles. The van der Waals surface area contributed by atoms with Crippen LogP contribution < -0.4 is 11.1 Å². The Morgan fingerprint density at radius 2 is 2.06 bits per heavy atom. The monoisotopic (exact) mass is 220 g/mol. The number of anilines is 1. The summed E-state index contributed by atoms with van der Waals surface area (Å²) in [6, 6.07) is 4.85. The second-order valence-electron chi connectivity index (χ2n) is 4.23. The van der Waals surface area contributed by atoms with Crippen LogP contribution in [0.4, 0.5) is 5.69 Å². The molecule has 0 aromatic heterocycles. The summed E-state index contributed by atoms with van der Waals surface area (Å²) in [4.78, 5) is 11.8. The maximum absolute atomic E-state index is 11.8. The number of nitrogen functional groups attached to an aromatic ring is 1. The molecule has 0 radical (unpaired) electrons. The summed E-state index contributed by atoms with van der Waals surface area (Å²) in [5.74, 6) is -0.179. The lowest BCUT2D eigenvalue weighted by Gasteiger charge is -2.12. The lowest BCUT2D eigenvalue weighted by atomic mass is 10.1. The quantitative estimate of drug-likeness (QED) is 0.524. The van der Waals surface area contributed by atoms with Gasteiger partial charge in [0.05, 0.1) is 5.69 Å². The zero-order valence-corrected chi connectivity index (χ0v) is 9.07. The van der Waals surface area contributed by atoms with Gasteiger partial charge in [-0.2, -0.15) is 0 Å². The first-order valence-corrected chi connectivity index (χ1v) is 5.56. The number of hydrogen-bond donors (Lipinski definition) is 3. The van der Waals surface area contributed by atoms with Crippen LogP contribution in [0.1, 0.15) is 36.0 Å². The van der Waals surface area contributed by atoms with Gasteiger partial charge in [-0.1, -0.05) is 12.8 Å². The Morgan fingerprint density at radius 1 is 1.38 bits per heavy atom. The Labute approximate surface area is 94.5 Å². The summed E-state index contributed by atoms with van der Waals surface area (Å²) in [5, 5.41) is 12.4. The van der Waals surface area contributed by atoms with Crippen molar-refractivity contribution in [3.8, 4) is 5.75 Å². The van der Waals surface area contributed by atoms with E-state index in [2.05, 4.69) is 5.32 Å². The van der Waals surface area contributed by atoms with Crippen LogP contribution in [0.15, 0.2) is 18.2 Å². The SMILES string of the molecule is Nc1ccc(C(=O)NC2CCCC2)cc1O. The fraction of sp³-hybridized carbons (Fsp3) is 0.417. The highest BCUT2D eigenvalue weighted by Gasteiger charge is 2.18. The number of hydrogen-bond acceptors (Lipinski definition) is 3. The van der Waals surface area contributed by atoms with Gasteiger partial charge in [0.1, 0.15) is 5.75 Å².